The van der Waals surface area contributed by atoms with Crippen LogP contribution in [0.1, 0.15) is 12.8 Å². The van der Waals surface area contributed by atoms with Gasteiger partial charge in [0.05, 0.1) is 0 Å². The van der Waals surface area contributed by atoms with Gasteiger partial charge in [-0.2, -0.15) is 0 Å². The Hall–Kier alpha value is -0.280. The van der Waals surface area contributed by atoms with Gasteiger partial charge in [-0.25, -0.2) is 0 Å². The normalized spacial score (nSPS) is 19.7. The fraction of sp³-hybridized carbons (Fsp3) is 0.455. The number of rotatable bonds is 3. The van der Waals surface area contributed by atoms with Crippen LogP contribution in [-0.2, 0) is 25.9 Å². The predicted molar refractivity (Wildman–Crippen MR) is 65.4 cm³/mol. The van der Waals surface area contributed by atoms with Crippen LogP contribution in [-0.4, -0.2) is 16.6 Å². The average molecular weight is 228 g/mol. The van der Waals surface area contributed by atoms with Crippen molar-refractivity contribution in [3.63, 3.8) is 0 Å². The summed E-state index contributed by atoms with van der Waals surface area (Å²) >= 11 is 0. The van der Waals surface area contributed by atoms with E-state index < -0.39 is 10.8 Å². The summed E-state index contributed by atoms with van der Waals surface area (Å²) in [6.07, 6.45) is 2.70. The average Bonchev–Trinajstić information content (AvgIpc) is 2.72. The molecule has 3 heteroatoms. The maximum atomic E-state index is 12.0. The van der Waals surface area contributed by atoms with Gasteiger partial charge in [0.1, 0.15) is 11.5 Å². The van der Waals surface area contributed by atoms with Crippen LogP contribution in [0.5, 0.6) is 0 Å². The van der Waals surface area contributed by atoms with Crippen molar-refractivity contribution in [3.05, 3.63) is 30.3 Å². The molecule has 0 bridgehead atoms. The van der Waals surface area contributed by atoms with Gasteiger partial charge in [-0.1, -0.05) is 22.4 Å². The predicted octanol–water partition coefficient (Wildman–Crippen LogP) is 2.11. The van der Waals surface area contributed by atoms with Gasteiger partial charge in [0.2, 0.25) is 0 Å². The van der Waals surface area contributed by atoms with E-state index in [2.05, 4.69) is 0 Å². The van der Waals surface area contributed by atoms with E-state index in [0.29, 0.717) is 10.9 Å². The van der Waals surface area contributed by atoms with Crippen molar-refractivity contribution in [3.8, 4) is 0 Å². The minimum absolute atomic E-state index is 0.458. The highest BCUT2D eigenvalue weighted by atomic mass is 32.3. The zero-order valence-electron chi connectivity index (χ0n) is 8.19. The maximum absolute atomic E-state index is 12.0. The van der Waals surface area contributed by atoms with E-state index in [1.165, 1.54) is 24.3 Å². The van der Waals surface area contributed by atoms with E-state index in [4.69, 9.17) is 0 Å². The summed E-state index contributed by atoms with van der Waals surface area (Å²) in [6, 6.07) is 9.89. The highest BCUT2D eigenvalue weighted by molar-refractivity contribution is 8.08. The second-order valence-electron chi connectivity index (χ2n) is 3.57. The molecule has 0 spiro atoms. The minimum Gasteiger partial charge on any atom is -0.0972 e. The van der Waals surface area contributed by atoms with Crippen molar-refractivity contribution in [2.75, 3.05) is 16.6 Å². The molecule has 0 saturated carbocycles. The molecular weight excluding hydrogens is 212 g/mol. The molecule has 1 atom stereocenters. The summed E-state index contributed by atoms with van der Waals surface area (Å²) in [5.41, 5.74) is 0. The Balaban J connectivity index is 1.95. The number of hydrogen-bond acceptors (Lipinski definition) is 1. The number of thiol groups is 1. The molecule has 0 radical (unpaired) electrons. The van der Waals surface area contributed by atoms with Gasteiger partial charge in [-0.05, 0) is 25.0 Å². The van der Waals surface area contributed by atoms with Crippen LogP contribution < -0.4 is 0 Å². The standard InChI is InChI=1S/C11H15OS2/c12-14(10-13-8-4-5-9-13)11-6-2-1-3-7-11/h1-3,6-7H,4-5,8-10H2/q+1/p+1. The fourth-order valence-corrected chi connectivity index (χ4v) is 6.57. The van der Waals surface area contributed by atoms with Gasteiger partial charge >= 0.3 is 0 Å². The van der Waals surface area contributed by atoms with Crippen LogP contribution in [0.25, 0.3) is 0 Å². The van der Waals surface area contributed by atoms with Gasteiger partial charge in [0, 0.05) is 10.9 Å². The van der Waals surface area contributed by atoms with E-state index in [1.54, 1.807) is 0 Å². The van der Waals surface area contributed by atoms with Gasteiger partial charge in [-0.15, -0.1) is 0 Å². The monoisotopic (exact) mass is 228 g/mol. The van der Waals surface area contributed by atoms with Crippen molar-refractivity contribution in [1.29, 1.82) is 0 Å². The van der Waals surface area contributed by atoms with E-state index in [1.807, 2.05) is 30.3 Å². The number of benzene rings is 1. The molecule has 1 aliphatic rings. The van der Waals surface area contributed by atoms with E-state index >= 15 is 0 Å². The lowest BCUT2D eigenvalue weighted by molar-refractivity contribution is 0.598. The molecule has 2 rings (SSSR count). The molecule has 14 heavy (non-hydrogen) atoms. The quantitative estimate of drug-likeness (QED) is 0.572. The Morgan fingerprint density at radius 1 is 1.14 bits per heavy atom. The molecule has 1 unspecified atom stereocenters. The van der Waals surface area contributed by atoms with Crippen LogP contribution in [0.15, 0.2) is 35.2 Å². The third-order valence-electron chi connectivity index (χ3n) is 2.46. The summed E-state index contributed by atoms with van der Waals surface area (Å²) in [7, 11) is -0.666. The van der Waals surface area contributed by atoms with Crippen molar-refractivity contribution in [2.45, 2.75) is 17.7 Å². The van der Waals surface area contributed by atoms with Gasteiger partial charge in [0.25, 0.3) is 5.08 Å². The lowest BCUT2D eigenvalue weighted by Crippen LogP contribution is -2.13. The second-order valence-corrected chi connectivity index (χ2v) is 7.92. The minimum atomic E-state index is -1.12. The van der Waals surface area contributed by atoms with Crippen molar-refractivity contribution in [1.82, 2.24) is 0 Å². The first-order chi connectivity index (χ1) is 6.86. The summed E-state index contributed by atoms with van der Waals surface area (Å²) in [4.78, 5) is 1.03. The highest BCUT2D eigenvalue weighted by Gasteiger charge is 2.30. The van der Waals surface area contributed by atoms with Crippen LogP contribution in [0, 0.1) is 0 Å². The van der Waals surface area contributed by atoms with E-state index in [9.17, 15) is 4.21 Å². The molecule has 1 heterocycles. The zero-order valence-corrected chi connectivity index (χ0v) is 9.90. The molecule has 1 aromatic carbocycles. The first-order valence-corrected chi connectivity index (χ1v) is 8.18. The van der Waals surface area contributed by atoms with Gasteiger partial charge in [0.15, 0.2) is 15.7 Å². The van der Waals surface area contributed by atoms with Gasteiger partial charge in [-0.3, -0.25) is 0 Å². The number of hydrogen-bond donors (Lipinski definition) is 0. The topological polar surface area (TPSA) is 17.1 Å². The Morgan fingerprint density at radius 2 is 1.79 bits per heavy atom. The molecule has 1 nitrogen and oxygen atoms in total. The maximum Gasteiger partial charge on any atom is 0.264 e. The molecule has 76 valence electrons. The van der Waals surface area contributed by atoms with Crippen LogP contribution >= 0.6 is 0 Å². The van der Waals surface area contributed by atoms with Crippen LogP contribution in [0.3, 0.4) is 0 Å². The summed E-state index contributed by atoms with van der Waals surface area (Å²) < 4.78 is 12.0. The summed E-state index contributed by atoms with van der Waals surface area (Å²) in [5.74, 6) is 2.63. The first-order valence-electron chi connectivity index (χ1n) is 5.00. The Morgan fingerprint density at radius 3 is 2.43 bits per heavy atom. The summed E-state index contributed by atoms with van der Waals surface area (Å²) in [6.45, 7) is 0. The molecule has 1 saturated heterocycles. The molecule has 1 fully saturated rings. The SMILES string of the molecule is O=[SH+](C[S+]1CCCC1)c1ccccc1. The zero-order chi connectivity index (χ0) is 9.80. The van der Waals surface area contributed by atoms with E-state index in [0.717, 1.165) is 9.98 Å². The lowest BCUT2D eigenvalue weighted by atomic mass is 10.4. The fourth-order valence-electron chi connectivity index (χ4n) is 1.68. The molecule has 0 amide bonds. The third-order valence-corrected chi connectivity index (χ3v) is 7.46. The highest BCUT2D eigenvalue weighted by Crippen LogP contribution is 2.17. The Kier molecular flexibility index (Phi) is 3.65. The van der Waals surface area contributed by atoms with Crippen molar-refractivity contribution >= 4 is 21.7 Å². The summed E-state index contributed by atoms with van der Waals surface area (Å²) in [5, 5.41) is 0.930. The smallest absolute Gasteiger partial charge is 0.0972 e. The molecule has 1 aliphatic heterocycles. The van der Waals surface area contributed by atoms with Crippen LogP contribution in [0.4, 0.5) is 0 Å². The molecular formula is C11H16OS2+2. The second kappa shape index (κ2) is 4.99. The largest absolute Gasteiger partial charge is 0.264 e. The molecule has 0 aliphatic carbocycles. The third kappa shape index (κ3) is 2.61. The molecule has 0 N–H and O–H groups in total. The first kappa shape index (κ1) is 10.2. The van der Waals surface area contributed by atoms with Crippen molar-refractivity contribution in [2.24, 2.45) is 0 Å². The Bertz CT molecular complexity index is 304. The molecule has 0 aromatic heterocycles. The Labute approximate surface area is 90.7 Å². The lowest BCUT2D eigenvalue weighted by Gasteiger charge is -1.96. The van der Waals surface area contributed by atoms with Crippen LogP contribution in [0.2, 0.25) is 0 Å². The van der Waals surface area contributed by atoms with Crippen molar-refractivity contribution < 1.29 is 4.21 Å². The molecule has 1 aromatic rings. The van der Waals surface area contributed by atoms with Gasteiger partial charge < -0.3 is 0 Å². The van der Waals surface area contributed by atoms with E-state index in [-0.39, 0.29) is 0 Å².